The van der Waals surface area contributed by atoms with E-state index in [1.54, 1.807) is 30.3 Å². The van der Waals surface area contributed by atoms with Crippen molar-refractivity contribution in [1.82, 2.24) is 0 Å². The Hall–Kier alpha value is -1.78. The number of alkyl halides is 1. The number of ether oxygens (including phenoxy) is 1. The van der Waals surface area contributed by atoms with E-state index in [2.05, 4.69) is 15.9 Å². The van der Waals surface area contributed by atoms with Crippen LogP contribution in [0.15, 0.2) is 57.7 Å². The second-order valence-corrected chi connectivity index (χ2v) is 6.26. The number of hydrogen-bond donors (Lipinski definition) is 0. The highest BCUT2D eigenvalue weighted by Crippen LogP contribution is 2.26. The number of halogens is 2. The van der Waals surface area contributed by atoms with Crippen LogP contribution in [-0.4, -0.2) is 11.9 Å². The van der Waals surface area contributed by atoms with Crippen molar-refractivity contribution < 1.29 is 9.15 Å². The molecule has 5 heteroatoms. The van der Waals surface area contributed by atoms with Crippen LogP contribution in [0.25, 0.3) is 22.3 Å². The fourth-order valence-corrected chi connectivity index (χ4v) is 2.58. The molecule has 3 nitrogen and oxygen atoms in total. The van der Waals surface area contributed by atoms with Gasteiger partial charge in [0, 0.05) is 28.0 Å². The zero-order valence-corrected chi connectivity index (χ0v) is 14.6. The molecule has 1 heterocycles. The van der Waals surface area contributed by atoms with Gasteiger partial charge in [0.25, 0.3) is 0 Å². The molecule has 0 radical (unpaired) electrons. The number of benzene rings is 2. The minimum absolute atomic E-state index is 0.0804. The smallest absolute Gasteiger partial charge is 0.193 e. The van der Waals surface area contributed by atoms with Crippen molar-refractivity contribution in [3.8, 4) is 17.1 Å². The lowest BCUT2D eigenvalue weighted by atomic mass is 10.1. The first-order valence-electron chi connectivity index (χ1n) is 7.20. The molecule has 0 bridgehead atoms. The van der Waals surface area contributed by atoms with Crippen LogP contribution in [-0.2, 0) is 0 Å². The Bertz CT molecular complexity index is 872. The van der Waals surface area contributed by atoms with E-state index < -0.39 is 0 Å². The van der Waals surface area contributed by atoms with E-state index in [0.29, 0.717) is 34.1 Å². The highest BCUT2D eigenvalue weighted by molar-refractivity contribution is 9.09. The van der Waals surface area contributed by atoms with Crippen molar-refractivity contribution in [2.24, 2.45) is 0 Å². The summed E-state index contributed by atoms with van der Waals surface area (Å²) < 4.78 is 11.5. The van der Waals surface area contributed by atoms with Crippen molar-refractivity contribution >= 4 is 38.5 Å². The van der Waals surface area contributed by atoms with Crippen LogP contribution >= 0.6 is 27.5 Å². The monoisotopic (exact) mass is 392 g/mol. The molecule has 0 amide bonds. The van der Waals surface area contributed by atoms with E-state index in [4.69, 9.17) is 20.8 Å². The number of fused-ring (bicyclic) bond motifs is 1. The van der Waals surface area contributed by atoms with Gasteiger partial charge < -0.3 is 9.15 Å². The number of hydrogen-bond acceptors (Lipinski definition) is 3. The molecule has 118 valence electrons. The first-order valence-corrected chi connectivity index (χ1v) is 8.70. The molecule has 0 N–H and O–H groups in total. The van der Waals surface area contributed by atoms with Gasteiger partial charge in [-0.1, -0.05) is 27.5 Å². The summed E-state index contributed by atoms with van der Waals surface area (Å²) in [7, 11) is 0. The fourth-order valence-electron chi connectivity index (χ4n) is 2.23. The van der Waals surface area contributed by atoms with Crippen LogP contribution in [0.3, 0.4) is 0 Å². The van der Waals surface area contributed by atoms with Gasteiger partial charge in [0.1, 0.15) is 17.1 Å². The van der Waals surface area contributed by atoms with Crippen LogP contribution in [0.2, 0.25) is 5.02 Å². The lowest BCUT2D eigenvalue weighted by Crippen LogP contribution is -2.02. The summed E-state index contributed by atoms with van der Waals surface area (Å²) in [5, 5.41) is 2.06. The molecule has 3 rings (SSSR count). The molecule has 3 aromatic rings. The zero-order chi connectivity index (χ0) is 16.2. The SMILES string of the molecule is O=c1cc(-c2ccc(Cl)cc2)oc2cc(OCCCBr)ccc12. The maximum atomic E-state index is 12.3. The van der Waals surface area contributed by atoms with Gasteiger partial charge in [-0.25, -0.2) is 0 Å². The third kappa shape index (κ3) is 3.77. The van der Waals surface area contributed by atoms with Gasteiger partial charge in [0.05, 0.1) is 12.0 Å². The minimum atomic E-state index is -0.0804. The third-order valence-corrected chi connectivity index (χ3v) is 4.19. The van der Waals surface area contributed by atoms with Crippen molar-refractivity contribution in [2.75, 3.05) is 11.9 Å². The molecule has 0 aliphatic rings. The summed E-state index contributed by atoms with van der Waals surface area (Å²) in [4.78, 5) is 12.3. The molecule has 0 fully saturated rings. The summed E-state index contributed by atoms with van der Waals surface area (Å²) in [6.07, 6.45) is 0.910. The molecule has 0 aliphatic carbocycles. The van der Waals surface area contributed by atoms with Crippen LogP contribution < -0.4 is 10.2 Å². The Morgan fingerprint density at radius 3 is 2.61 bits per heavy atom. The van der Waals surface area contributed by atoms with Crippen molar-refractivity contribution in [3.05, 3.63) is 63.8 Å². The Kier molecular flexibility index (Phi) is 5.03. The summed E-state index contributed by atoms with van der Waals surface area (Å²) in [5.74, 6) is 1.20. The summed E-state index contributed by atoms with van der Waals surface area (Å²) in [6, 6.07) is 13.9. The Balaban J connectivity index is 2.01. The molecule has 0 atom stereocenters. The predicted molar refractivity (Wildman–Crippen MR) is 96.8 cm³/mol. The van der Waals surface area contributed by atoms with Crippen molar-refractivity contribution in [2.45, 2.75) is 6.42 Å². The van der Waals surface area contributed by atoms with Gasteiger partial charge in [-0.15, -0.1) is 0 Å². The molecular weight excluding hydrogens is 380 g/mol. The summed E-state index contributed by atoms with van der Waals surface area (Å²) in [5.41, 5.74) is 1.24. The summed E-state index contributed by atoms with van der Waals surface area (Å²) >= 11 is 9.26. The molecule has 0 unspecified atom stereocenters. The van der Waals surface area contributed by atoms with Gasteiger partial charge in [0.15, 0.2) is 5.43 Å². The molecule has 2 aromatic carbocycles. The maximum absolute atomic E-state index is 12.3. The van der Waals surface area contributed by atoms with Crippen molar-refractivity contribution in [3.63, 3.8) is 0 Å². The molecular formula is C18H14BrClO3. The lowest BCUT2D eigenvalue weighted by molar-refractivity contribution is 0.319. The van der Waals surface area contributed by atoms with E-state index >= 15 is 0 Å². The third-order valence-electron chi connectivity index (χ3n) is 3.38. The average Bonchev–Trinajstić information content (AvgIpc) is 2.55. The number of rotatable bonds is 5. The minimum Gasteiger partial charge on any atom is -0.493 e. The fraction of sp³-hybridized carbons (Fsp3) is 0.167. The lowest BCUT2D eigenvalue weighted by Gasteiger charge is -2.07. The van der Waals surface area contributed by atoms with Gasteiger partial charge in [-0.05, 0) is 42.8 Å². The van der Waals surface area contributed by atoms with Gasteiger partial charge >= 0.3 is 0 Å². The quantitative estimate of drug-likeness (QED) is 0.437. The van der Waals surface area contributed by atoms with Gasteiger partial charge in [0.2, 0.25) is 0 Å². The van der Waals surface area contributed by atoms with Crippen LogP contribution in [0.1, 0.15) is 6.42 Å². The Morgan fingerprint density at radius 1 is 1.09 bits per heavy atom. The second kappa shape index (κ2) is 7.20. The standard InChI is InChI=1S/C18H14BrClO3/c19-8-1-9-22-14-6-7-15-16(21)11-17(23-18(15)10-14)12-2-4-13(20)5-3-12/h2-7,10-11H,1,8-9H2. The second-order valence-electron chi connectivity index (χ2n) is 5.03. The highest BCUT2D eigenvalue weighted by Gasteiger charge is 2.08. The maximum Gasteiger partial charge on any atom is 0.193 e. The van der Waals surface area contributed by atoms with Crippen LogP contribution in [0.4, 0.5) is 0 Å². The first-order chi connectivity index (χ1) is 11.2. The molecule has 0 saturated carbocycles. The molecule has 0 aliphatic heterocycles. The molecule has 1 aromatic heterocycles. The van der Waals surface area contributed by atoms with Crippen molar-refractivity contribution in [1.29, 1.82) is 0 Å². The highest BCUT2D eigenvalue weighted by atomic mass is 79.9. The normalized spacial score (nSPS) is 10.9. The Morgan fingerprint density at radius 2 is 1.87 bits per heavy atom. The van der Waals surface area contributed by atoms with Crippen LogP contribution in [0.5, 0.6) is 5.75 Å². The molecule has 0 saturated heterocycles. The van der Waals surface area contributed by atoms with E-state index in [1.807, 2.05) is 12.1 Å². The summed E-state index contributed by atoms with van der Waals surface area (Å²) in [6.45, 7) is 0.609. The van der Waals surface area contributed by atoms with E-state index in [-0.39, 0.29) is 5.43 Å². The van der Waals surface area contributed by atoms with Gasteiger partial charge in [-0.3, -0.25) is 4.79 Å². The topological polar surface area (TPSA) is 39.4 Å². The largest absolute Gasteiger partial charge is 0.493 e. The molecule has 23 heavy (non-hydrogen) atoms. The molecule has 0 spiro atoms. The van der Waals surface area contributed by atoms with E-state index in [0.717, 1.165) is 17.3 Å². The first kappa shape index (κ1) is 16.1. The zero-order valence-electron chi connectivity index (χ0n) is 12.2. The van der Waals surface area contributed by atoms with E-state index in [1.165, 1.54) is 6.07 Å². The average molecular weight is 394 g/mol. The van der Waals surface area contributed by atoms with E-state index in [9.17, 15) is 4.79 Å². The van der Waals surface area contributed by atoms with Crippen LogP contribution in [0, 0.1) is 0 Å². The van der Waals surface area contributed by atoms with Gasteiger partial charge in [-0.2, -0.15) is 0 Å². The predicted octanol–water partition coefficient (Wildman–Crippen LogP) is 5.28. The Labute approximate surface area is 147 Å².